The number of rotatable bonds is 4. The van der Waals surface area contributed by atoms with Gasteiger partial charge in [0.2, 0.25) is 0 Å². The van der Waals surface area contributed by atoms with Gasteiger partial charge in [0.15, 0.2) is 0 Å². The number of hydrogen-bond donors (Lipinski definition) is 3. The number of carbonyl (C=O) groups excluding carboxylic acids is 1. The summed E-state index contributed by atoms with van der Waals surface area (Å²) in [5, 5.41) is 20.1. The van der Waals surface area contributed by atoms with Crippen LogP contribution in [0.1, 0.15) is 23.2 Å². The molecular weight excluding hydrogens is 276 g/mol. The number of carbonyl (C=O) groups is 1. The van der Waals surface area contributed by atoms with Crippen molar-refractivity contribution in [1.82, 2.24) is 4.90 Å². The zero-order valence-electron chi connectivity index (χ0n) is 11.5. The molecule has 1 unspecified atom stereocenters. The topological polar surface area (TPSA) is 122 Å². The number of aliphatic hydroxyl groups is 1. The first-order chi connectivity index (χ1) is 10.1. The van der Waals surface area contributed by atoms with Gasteiger partial charge in [0.05, 0.1) is 16.2 Å². The third kappa shape index (κ3) is 3.29. The molecule has 1 saturated heterocycles. The number of nitrogen functional groups attached to an aromatic ring is 1. The number of nitrogens with one attached hydrogen (secondary N) is 1. The Bertz CT molecular complexity index is 549. The summed E-state index contributed by atoms with van der Waals surface area (Å²) in [6.45, 7) is 1.05. The van der Waals surface area contributed by atoms with Crippen LogP contribution in [0.4, 0.5) is 11.4 Å². The average molecular weight is 294 g/mol. The predicted molar refractivity (Wildman–Crippen MR) is 76.6 cm³/mol. The fourth-order valence-corrected chi connectivity index (χ4v) is 2.52. The second kappa shape index (κ2) is 6.51. The molecule has 0 spiro atoms. The number of piperidine rings is 1. The number of hydrogen-bond acceptors (Lipinski definition) is 6. The molecule has 8 nitrogen and oxygen atoms in total. The van der Waals surface area contributed by atoms with E-state index in [9.17, 15) is 20.0 Å². The van der Waals surface area contributed by atoms with Gasteiger partial charge < -0.3 is 15.4 Å². The van der Waals surface area contributed by atoms with Gasteiger partial charge in [0, 0.05) is 31.8 Å². The minimum absolute atomic E-state index is 0.0285. The Morgan fingerprint density at radius 3 is 2.95 bits per heavy atom. The van der Waals surface area contributed by atoms with Crippen molar-refractivity contribution >= 4 is 17.3 Å². The van der Waals surface area contributed by atoms with Crippen LogP contribution in [0.25, 0.3) is 0 Å². The van der Waals surface area contributed by atoms with Crippen LogP contribution in [0.2, 0.25) is 0 Å². The number of benzene rings is 1. The number of nitrogens with zero attached hydrogens (tertiary/aromatic N) is 2. The highest BCUT2D eigenvalue weighted by Gasteiger charge is 2.26. The fraction of sp³-hybridized carbons (Fsp3) is 0.462. The van der Waals surface area contributed by atoms with Gasteiger partial charge in [-0.05, 0) is 24.8 Å². The van der Waals surface area contributed by atoms with E-state index in [2.05, 4.69) is 5.43 Å². The summed E-state index contributed by atoms with van der Waals surface area (Å²) in [7, 11) is 0. The third-order valence-corrected chi connectivity index (χ3v) is 3.66. The second-order valence-electron chi connectivity index (χ2n) is 5.07. The molecular formula is C13H18N4O4. The molecule has 4 N–H and O–H groups in total. The molecule has 0 radical (unpaired) electrons. The molecule has 1 atom stereocenters. The first-order valence-corrected chi connectivity index (χ1v) is 6.72. The Labute approximate surface area is 121 Å². The summed E-state index contributed by atoms with van der Waals surface area (Å²) >= 11 is 0. The zero-order valence-corrected chi connectivity index (χ0v) is 11.5. The van der Waals surface area contributed by atoms with Crippen LogP contribution in [-0.2, 0) is 0 Å². The monoisotopic (exact) mass is 294 g/mol. The lowest BCUT2D eigenvalue weighted by Gasteiger charge is -2.32. The van der Waals surface area contributed by atoms with Crippen LogP contribution in [0, 0.1) is 16.0 Å². The number of aliphatic hydroxyl groups excluding tert-OH is 1. The van der Waals surface area contributed by atoms with E-state index in [-0.39, 0.29) is 29.7 Å². The Morgan fingerprint density at radius 1 is 1.57 bits per heavy atom. The van der Waals surface area contributed by atoms with Crippen molar-refractivity contribution < 1.29 is 14.8 Å². The van der Waals surface area contributed by atoms with Gasteiger partial charge in [-0.25, -0.2) is 0 Å². The average Bonchev–Trinajstić information content (AvgIpc) is 2.53. The molecule has 8 heteroatoms. The van der Waals surface area contributed by atoms with E-state index < -0.39 is 4.92 Å². The molecule has 1 aliphatic heterocycles. The van der Waals surface area contributed by atoms with Crippen LogP contribution in [-0.4, -0.2) is 40.5 Å². The Morgan fingerprint density at radius 2 is 2.33 bits per heavy atom. The maximum Gasteiger partial charge on any atom is 0.270 e. The van der Waals surface area contributed by atoms with Gasteiger partial charge in [0.1, 0.15) is 0 Å². The molecule has 0 aliphatic carbocycles. The summed E-state index contributed by atoms with van der Waals surface area (Å²) in [5.41, 5.74) is 2.74. The van der Waals surface area contributed by atoms with E-state index in [0.29, 0.717) is 18.8 Å². The van der Waals surface area contributed by atoms with Crippen molar-refractivity contribution in [3.05, 3.63) is 33.9 Å². The maximum absolute atomic E-state index is 12.5. The summed E-state index contributed by atoms with van der Waals surface area (Å²) < 4.78 is 0. The number of nitrogens with two attached hydrogens (primary N) is 1. The van der Waals surface area contributed by atoms with E-state index in [1.807, 2.05) is 0 Å². The van der Waals surface area contributed by atoms with Crippen LogP contribution in [0.15, 0.2) is 18.2 Å². The Kier molecular flexibility index (Phi) is 4.71. The number of anilines is 1. The SMILES string of the molecule is NNc1ccc([N+](=O)[O-])cc1C(=O)N1CCCC(CO)C1. The van der Waals surface area contributed by atoms with Crippen LogP contribution >= 0.6 is 0 Å². The van der Waals surface area contributed by atoms with Gasteiger partial charge in [0.25, 0.3) is 11.6 Å². The van der Waals surface area contributed by atoms with E-state index in [1.54, 1.807) is 4.90 Å². The molecule has 21 heavy (non-hydrogen) atoms. The van der Waals surface area contributed by atoms with Crippen molar-refractivity contribution in [2.24, 2.45) is 11.8 Å². The number of amides is 1. The van der Waals surface area contributed by atoms with Crippen molar-refractivity contribution in [2.75, 3.05) is 25.1 Å². The van der Waals surface area contributed by atoms with E-state index in [1.165, 1.54) is 18.2 Å². The summed E-state index contributed by atoms with van der Waals surface area (Å²) in [5.74, 6) is 5.10. The van der Waals surface area contributed by atoms with Crippen LogP contribution in [0.5, 0.6) is 0 Å². The largest absolute Gasteiger partial charge is 0.396 e. The molecule has 1 heterocycles. The molecule has 0 saturated carbocycles. The summed E-state index contributed by atoms with van der Waals surface area (Å²) in [6.07, 6.45) is 1.68. The van der Waals surface area contributed by atoms with Crippen molar-refractivity contribution in [3.8, 4) is 0 Å². The third-order valence-electron chi connectivity index (χ3n) is 3.66. The number of nitro benzene ring substituents is 1. The quantitative estimate of drug-likeness (QED) is 0.427. The predicted octanol–water partition coefficient (Wildman–Crippen LogP) is 0.725. The fourth-order valence-electron chi connectivity index (χ4n) is 2.52. The minimum atomic E-state index is -0.552. The molecule has 1 amide bonds. The zero-order chi connectivity index (χ0) is 15.4. The lowest BCUT2D eigenvalue weighted by Crippen LogP contribution is -2.41. The second-order valence-corrected chi connectivity index (χ2v) is 5.07. The first-order valence-electron chi connectivity index (χ1n) is 6.72. The maximum atomic E-state index is 12.5. The van der Waals surface area contributed by atoms with Crippen molar-refractivity contribution in [3.63, 3.8) is 0 Å². The lowest BCUT2D eigenvalue weighted by atomic mass is 9.98. The molecule has 1 aromatic carbocycles. The highest BCUT2D eigenvalue weighted by Crippen LogP contribution is 2.25. The van der Waals surface area contributed by atoms with Crippen molar-refractivity contribution in [2.45, 2.75) is 12.8 Å². The molecule has 0 bridgehead atoms. The smallest absolute Gasteiger partial charge is 0.270 e. The molecule has 2 rings (SSSR count). The number of nitro groups is 1. The van der Waals surface area contributed by atoms with E-state index in [4.69, 9.17) is 5.84 Å². The first kappa shape index (κ1) is 15.2. The Hall–Kier alpha value is -2.19. The van der Waals surface area contributed by atoms with Crippen LogP contribution < -0.4 is 11.3 Å². The number of non-ortho nitro benzene ring substituents is 1. The highest BCUT2D eigenvalue weighted by molar-refractivity contribution is 6.00. The van der Waals surface area contributed by atoms with E-state index in [0.717, 1.165) is 12.8 Å². The van der Waals surface area contributed by atoms with Gasteiger partial charge >= 0.3 is 0 Å². The lowest BCUT2D eigenvalue weighted by molar-refractivity contribution is -0.384. The van der Waals surface area contributed by atoms with Gasteiger partial charge in [-0.3, -0.25) is 20.8 Å². The minimum Gasteiger partial charge on any atom is -0.396 e. The highest BCUT2D eigenvalue weighted by atomic mass is 16.6. The van der Waals surface area contributed by atoms with Crippen LogP contribution in [0.3, 0.4) is 0 Å². The molecule has 0 aromatic heterocycles. The molecule has 1 aliphatic rings. The summed E-state index contributed by atoms with van der Waals surface area (Å²) in [4.78, 5) is 24.4. The normalized spacial score (nSPS) is 18.4. The number of hydrazine groups is 1. The molecule has 1 fully saturated rings. The Balaban J connectivity index is 2.28. The molecule has 114 valence electrons. The van der Waals surface area contributed by atoms with Crippen molar-refractivity contribution in [1.29, 1.82) is 0 Å². The number of likely N-dealkylation sites (tertiary alicyclic amines) is 1. The standard InChI is InChI=1S/C13H18N4O4/c14-15-12-4-3-10(17(20)21)6-11(12)13(19)16-5-1-2-9(7-16)8-18/h3-4,6,9,15,18H,1-2,5,7-8,14H2. The van der Waals surface area contributed by atoms with Gasteiger partial charge in [-0.15, -0.1) is 0 Å². The summed E-state index contributed by atoms with van der Waals surface area (Å²) in [6, 6.07) is 3.93. The van der Waals surface area contributed by atoms with E-state index >= 15 is 0 Å². The molecule has 1 aromatic rings. The van der Waals surface area contributed by atoms with Gasteiger partial charge in [-0.1, -0.05) is 0 Å². The van der Waals surface area contributed by atoms with Gasteiger partial charge in [-0.2, -0.15) is 0 Å².